The van der Waals surface area contributed by atoms with Crippen molar-refractivity contribution in [3.63, 3.8) is 0 Å². The molecule has 0 unspecified atom stereocenters. The summed E-state index contributed by atoms with van der Waals surface area (Å²) in [4.78, 5) is 4.12. The molecule has 0 aliphatic carbocycles. The lowest BCUT2D eigenvalue weighted by Crippen LogP contribution is -2.31. The molecule has 37 heavy (non-hydrogen) atoms. The molecular formula is C31H33N2O2P2+. The van der Waals surface area contributed by atoms with Crippen LogP contribution in [0.1, 0.15) is 22.3 Å². The zero-order valence-corrected chi connectivity index (χ0v) is 24.3. The number of nitrogens with zero attached hydrogens (tertiary/aromatic N) is 2. The van der Waals surface area contributed by atoms with E-state index < -0.39 is 14.9 Å². The summed E-state index contributed by atoms with van der Waals surface area (Å²) in [5.74, 6) is 0. The molecule has 1 aliphatic rings. The fourth-order valence-corrected chi connectivity index (χ4v) is 9.45. The molecule has 0 saturated heterocycles. The molecule has 0 radical (unpaired) electrons. The highest BCUT2D eigenvalue weighted by molar-refractivity contribution is 7.78. The van der Waals surface area contributed by atoms with Crippen molar-refractivity contribution in [2.75, 3.05) is 30.6 Å². The van der Waals surface area contributed by atoms with Crippen LogP contribution in [0.2, 0.25) is 0 Å². The van der Waals surface area contributed by atoms with Crippen LogP contribution in [0.4, 0.5) is 22.7 Å². The van der Waals surface area contributed by atoms with Crippen molar-refractivity contribution in [3.05, 3.63) is 95.1 Å². The Morgan fingerprint density at radius 2 is 0.892 bits per heavy atom. The lowest BCUT2D eigenvalue weighted by Gasteiger charge is -2.30. The number of hydrogen-bond acceptors (Lipinski definition) is 4. The third kappa shape index (κ3) is 4.33. The monoisotopic (exact) mass is 527 g/mol. The van der Waals surface area contributed by atoms with Crippen LogP contribution in [0.3, 0.4) is 0 Å². The predicted octanol–water partition coefficient (Wildman–Crippen LogP) is 6.49. The molecule has 4 aromatic rings. The first kappa shape index (κ1) is 25.5. The van der Waals surface area contributed by atoms with Gasteiger partial charge in [0.25, 0.3) is 0 Å². The zero-order valence-electron chi connectivity index (χ0n) is 22.5. The molecule has 4 aromatic carbocycles. The molecule has 0 amide bonds. The molecule has 5 rings (SSSR count). The molecule has 0 atom stereocenters. The molecule has 0 saturated carbocycles. The number of aryl methyl sites for hydroxylation is 4. The fourth-order valence-electron chi connectivity index (χ4n) is 5.20. The molecule has 4 nitrogen and oxygen atoms in total. The smallest absolute Gasteiger partial charge is 0.340 e. The molecule has 188 valence electrons. The first-order chi connectivity index (χ1) is 17.5. The van der Waals surface area contributed by atoms with E-state index in [-0.39, 0.29) is 0 Å². The molecule has 0 spiro atoms. The summed E-state index contributed by atoms with van der Waals surface area (Å²) in [5, 5.41) is 3.17. The van der Waals surface area contributed by atoms with Crippen LogP contribution in [0.15, 0.2) is 72.8 Å². The lowest BCUT2D eigenvalue weighted by molar-refractivity contribution is 0.590. The second kappa shape index (κ2) is 9.28. The topological polar surface area (TPSA) is 40.6 Å². The van der Waals surface area contributed by atoms with Crippen molar-refractivity contribution >= 4 is 58.9 Å². The van der Waals surface area contributed by atoms with E-state index in [2.05, 4.69) is 34.1 Å². The summed E-state index contributed by atoms with van der Waals surface area (Å²) >= 11 is 0. The van der Waals surface area contributed by atoms with E-state index in [0.29, 0.717) is 0 Å². The van der Waals surface area contributed by atoms with Crippen molar-refractivity contribution < 1.29 is 9.13 Å². The van der Waals surface area contributed by atoms with Crippen LogP contribution in [-0.2, 0) is 9.13 Å². The first-order valence-electron chi connectivity index (χ1n) is 12.4. The molecule has 0 bridgehead atoms. The van der Waals surface area contributed by atoms with Gasteiger partial charge in [-0.1, -0.05) is 40.0 Å². The molecule has 0 N–H and O–H groups in total. The van der Waals surface area contributed by atoms with Gasteiger partial charge in [-0.15, -0.1) is 0 Å². The molecule has 1 aliphatic heterocycles. The summed E-state index contributed by atoms with van der Waals surface area (Å²) in [6.07, 6.45) is 0. The second-order valence-corrected chi connectivity index (χ2v) is 14.7. The third-order valence-electron chi connectivity index (χ3n) is 7.33. The number of benzene rings is 4. The van der Waals surface area contributed by atoms with Gasteiger partial charge in [-0.3, -0.25) is 0 Å². The van der Waals surface area contributed by atoms with Gasteiger partial charge in [-0.25, -0.2) is 0 Å². The Morgan fingerprint density at radius 3 is 1.27 bits per heavy atom. The summed E-state index contributed by atoms with van der Waals surface area (Å²) in [6, 6.07) is 24.5. The fraction of sp³-hybridized carbons (Fsp3) is 0.226. The lowest BCUT2D eigenvalue weighted by atomic mass is 10.1. The highest BCUT2D eigenvalue weighted by atomic mass is 31.2. The number of rotatable bonds is 0. The Kier molecular flexibility index (Phi) is 6.39. The SMILES string of the molecule is Cc1ccc2c(c1)[P+](=O)c1cc(C)ccc1N(C)c1ccc(C)cc1P(C)(=O)c1cc(C)ccc1N2C. The van der Waals surface area contributed by atoms with Gasteiger partial charge < -0.3 is 14.4 Å². The van der Waals surface area contributed by atoms with Gasteiger partial charge in [0.2, 0.25) is 10.6 Å². The van der Waals surface area contributed by atoms with Gasteiger partial charge in [0.1, 0.15) is 7.14 Å². The predicted molar refractivity (Wildman–Crippen MR) is 161 cm³/mol. The second-order valence-electron chi connectivity index (χ2n) is 10.3. The minimum Gasteiger partial charge on any atom is -0.340 e. The standard InChI is InChI=1S/C31H33N2O2P2/c1-20-8-12-24-28(16-20)36(34)29-17-21(2)9-13-25(29)33(6)27-15-11-23(4)19-31(27)37(7,35)30-18-22(3)10-14-26(30)32(24)5/h8-19H,1-7H3/q+1. The summed E-state index contributed by atoms with van der Waals surface area (Å²) < 4.78 is 29.4. The van der Waals surface area contributed by atoms with Gasteiger partial charge in [-0.05, 0) is 94.0 Å². The van der Waals surface area contributed by atoms with Gasteiger partial charge in [-0.2, -0.15) is 0 Å². The first-order valence-corrected chi connectivity index (χ1v) is 15.9. The summed E-state index contributed by atoms with van der Waals surface area (Å²) in [6.45, 7) is 10.0. The van der Waals surface area contributed by atoms with E-state index in [9.17, 15) is 9.13 Å². The van der Waals surface area contributed by atoms with Gasteiger partial charge in [0.15, 0.2) is 0 Å². The summed E-state index contributed by atoms with van der Waals surface area (Å²) in [7, 11) is -1.01. The van der Waals surface area contributed by atoms with Gasteiger partial charge in [0.05, 0.1) is 22.7 Å². The largest absolute Gasteiger partial charge is 0.419 e. The van der Waals surface area contributed by atoms with Crippen LogP contribution in [0.25, 0.3) is 0 Å². The van der Waals surface area contributed by atoms with E-state index in [4.69, 9.17) is 0 Å². The molecule has 0 aromatic heterocycles. The van der Waals surface area contributed by atoms with Gasteiger partial charge in [0, 0.05) is 24.7 Å². The van der Waals surface area contributed by atoms with Crippen molar-refractivity contribution in [2.24, 2.45) is 0 Å². The molecule has 6 heteroatoms. The van der Waals surface area contributed by atoms with Crippen molar-refractivity contribution in [1.82, 2.24) is 0 Å². The third-order valence-corrected chi connectivity index (χ3v) is 11.5. The average molecular weight is 528 g/mol. The van der Waals surface area contributed by atoms with E-state index in [1.54, 1.807) is 0 Å². The highest BCUT2D eigenvalue weighted by Crippen LogP contribution is 2.47. The van der Waals surface area contributed by atoms with Crippen molar-refractivity contribution in [1.29, 1.82) is 0 Å². The van der Waals surface area contributed by atoms with Crippen molar-refractivity contribution in [2.45, 2.75) is 27.7 Å². The Morgan fingerprint density at radius 1 is 0.568 bits per heavy atom. The Bertz CT molecular complexity index is 1510. The van der Waals surface area contributed by atoms with Gasteiger partial charge >= 0.3 is 7.80 Å². The van der Waals surface area contributed by atoms with Crippen LogP contribution >= 0.6 is 14.9 Å². The maximum atomic E-state index is 15.0. The minimum absolute atomic E-state index is 0.778. The van der Waals surface area contributed by atoms with E-state index in [1.807, 2.05) is 97.0 Å². The minimum atomic E-state index is -3.06. The highest BCUT2D eigenvalue weighted by Gasteiger charge is 2.37. The Hall–Kier alpha value is -3.19. The van der Waals surface area contributed by atoms with Crippen LogP contribution in [0, 0.1) is 27.7 Å². The average Bonchev–Trinajstić information content (AvgIpc) is 2.86. The van der Waals surface area contributed by atoms with E-state index in [1.165, 1.54) is 0 Å². The zero-order chi connectivity index (χ0) is 26.6. The van der Waals surface area contributed by atoms with E-state index >= 15 is 0 Å². The quantitative estimate of drug-likeness (QED) is 0.245. The normalized spacial score (nSPS) is 18.2. The van der Waals surface area contributed by atoms with Crippen LogP contribution in [-0.4, -0.2) is 20.8 Å². The van der Waals surface area contributed by atoms with Crippen LogP contribution < -0.4 is 31.0 Å². The van der Waals surface area contributed by atoms with Crippen LogP contribution in [0.5, 0.6) is 0 Å². The molecule has 1 heterocycles. The Balaban J connectivity index is 1.94. The number of fused-ring (bicyclic) bond motifs is 4. The van der Waals surface area contributed by atoms with E-state index in [0.717, 1.165) is 66.2 Å². The molecule has 0 fully saturated rings. The number of hydrogen-bond donors (Lipinski definition) is 0. The maximum absolute atomic E-state index is 15.0. The number of anilines is 4. The van der Waals surface area contributed by atoms with Crippen molar-refractivity contribution in [3.8, 4) is 0 Å². The maximum Gasteiger partial charge on any atom is 0.419 e. The summed E-state index contributed by atoms with van der Waals surface area (Å²) in [5.41, 5.74) is 7.66. The molecular weight excluding hydrogens is 494 g/mol. The Labute approximate surface area is 221 Å².